The second-order valence-electron chi connectivity index (χ2n) is 19.1. The lowest BCUT2D eigenvalue weighted by Crippen LogP contribution is -2.49. The molecule has 15 heteroatoms. The van der Waals surface area contributed by atoms with E-state index in [1.165, 1.54) is 88.0 Å². The van der Waals surface area contributed by atoms with Crippen molar-refractivity contribution < 1.29 is 19.1 Å². The highest BCUT2D eigenvalue weighted by Gasteiger charge is 2.47. The monoisotopic (exact) mass is 888 g/mol. The van der Waals surface area contributed by atoms with Crippen LogP contribution in [0.1, 0.15) is 99.3 Å². The zero-order valence-corrected chi connectivity index (χ0v) is 37.7. The number of hydrogen-bond acceptors (Lipinski definition) is 10. The molecule has 0 bridgehead atoms. The van der Waals surface area contributed by atoms with Crippen LogP contribution in [0.2, 0.25) is 0 Å². The summed E-state index contributed by atoms with van der Waals surface area (Å²) in [5, 5.41) is 27.4. The average Bonchev–Trinajstić information content (AvgIpc) is 3.85. The predicted molar refractivity (Wildman–Crippen MR) is 257 cm³/mol. The van der Waals surface area contributed by atoms with Crippen LogP contribution in [0.15, 0.2) is 72.0 Å². The third kappa shape index (κ3) is 11.5. The van der Waals surface area contributed by atoms with Crippen molar-refractivity contribution >= 4 is 52.0 Å². The number of benzene rings is 2. The molecule has 9 rings (SSSR count). The Bertz CT molecular complexity index is 2360. The number of aliphatic imine (C=N–C) groups is 1. The molecule has 3 saturated heterocycles. The van der Waals surface area contributed by atoms with Crippen molar-refractivity contribution in [1.29, 1.82) is 5.41 Å². The minimum absolute atomic E-state index is 0.0895. The van der Waals surface area contributed by atoms with Crippen LogP contribution in [-0.4, -0.2) is 102 Å². The van der Waals surface area contributed by atoms with E-state index in [1.54, 1.807) is 42.6 Å². The van der Waals surface area contributed by atoms with Crippen molar-refractivity contribution in [3.8, 4) is 5.75 Å². The Morgan fingerprint density at radius 1 is 1.06 bits per heavy atom. The zero-order chi connectivity index (χ0) is 45.5. The van der Waals surface area contributed by atoms with E-state index in [2.05, 4.69) is 53.6 Å². The number of amidine groups is 1. The topological polar surface area (TPSA) is 203 Å². The minimum atomic E-state index is -0.135. The van der Waals surface area contributed by atoms with Gasteiger partial charge in [0.15, 0.2) is 0 Å². The molecule has 2 amide bonds. The number of pyridine rings is 1. The summed E-state index contributed by atoms with van der Waals surface area (Å²) in [7, 11) is 0. The number of carbonyl (C=O) groups excluding carboxylic acids is 2. The Labute approximate surface area is 381 Å². The van der Waals surface area contributed by atoms with Crippen LogP contribution in [0.5, 0.6) is 5.75 Å². The molecule has 14 nitrogen and oxygen atoms in total. The molecule has 1 unspecified atom stereocenters. The molecule has 2 saturated carbocycles. The van der Waals surface area contributed by atoms with Crippen molar-refractivity contribution in [2.24, 2.45) is 27.8 Å². The van der Waals surface area contributed by atoms with Gasteiger partial charge in [-0.3, -0.25) is 20.0 Å². The number of anilines is 2. The van der Waals surface area contributed by atoms with Gasteiger partial charge in [0, 0.05) is 73.2 Å². The smallest absolute Gasteiger partial charge is 0.226 e. The molecule has 1 atom stereocenters. The van der Waals surface area contributed by atoms with E-state index < -0.39 is 0 Å². The number of piperidine rings is 2. The number of halogens is 1. The zero-order valence-electron chi connectivity index (χ0n) is 37.7. The number of aromatic nitrogens is 2. The van der Waals surface area contributed by atoms with Crippen LogP contribution >= 0.6 is 0 Å². The molecule has 2 aliphatic carbocycles. The lowest BCUT2D eigenvalue weighted by molar-refractivity contribution is -0.116. The fourth-order valence-corrected chi connectivity index (χ4v) is 10.4. The maximum absolute atomic E-state index is 13.9. The van der Waals surface area contributed by atoms with Crippen molar-refractivity contribution in [3.05, 3.63) is 89.5 Å². The van der Waals surface area contributed by atoms with E-state index in [1.807, 2.05) is 6.92 Å². The number of nitrogens with two attached hydrogens (primary N) is 2. The maximum Gasteiger partial charge on any atom is 0.226 e. The van der Waals surface area contributed by atoms with Crippen LogP contribution in [0, 0.1) is 29.5 Å². The van der Waals surface area contributed by atoms with Gasteiger partial charge in [0.1, 0.15) is 28.8 Å². The number of phenolic OH excluding ortho intramolecular Hbond substituents is 1. The number of hydrogen-bond donors (Lipinski definition) is 7. The summed E-state index contributed by atoms with van der Waals surface area (Å²) in [4.78, 5) is 37.0. The summed E-state index contributed by atoms with van der Waals surface area (Å²) in [5.41, 5.74) is 18.3. The van der Waals surface area contributed by atoms with Gasteiger partial charge < -0.3 is 46.9 Å². The number of aryl methyl sites for hydroxylation is 1. The summed E-state index contributed by atoms with van der Waals surface area (Å²) in [6, 6.07) is 15.1. The van der Waals surface area contributed by atoms with Gasteiger partial charge in [-0.15, -0.1) is 0 Å². The third-order valence-corrected chi connectivity index (χ3v) is 14.2. The maximum atomic E-state index is 13.9. The molecule has 2 aromatic carbocycles. The van der Waals surface area contributed by atoms with Crippen LogP contribution in [0.4, 0.5) is 15.8 Å². The minimum Gasteiger partial charge on any atom is -0.507 e. The van der Waals surface area contributed by atoms with Gasteiger partial charge in [0.25, 0.3) is 0 Å². The third-order valence-electron chi connectivity index (χ3n) is 14.2. The molecule has 346 valence electrons. The number of fused-ring (bicyclic) bond motifs is 1. The quantitative estimate of drug-likeness (QED) is 0.0298. The first-order valence-electron chi connectivity index (χ1n) is 23.6. The molecular formula is C50H66FN11O3. The van der Waals surface area contributed by atoms with Crippen molar-refractivity contribution in [3.63, 3.8) is 0 Å². The van der Waals surface area contributed by atoms with E-state index in [9.17, 15) is 19.1 Å². The standard InChI is InChI=1S/C35H45FN6O2.C15H21N5O/c1-24-14-27(36)16-29(15-24)41-10-5-25(6-11-41)21-40-12-7-35(8-13-40)18-30(19-35)42-22-32(26-2-3-26)31-17-28(20-38-34(31)42)39-33(44)4-9-37-23-43;16-12(11-5-1-2-6-14(11)21)8-13(15(17)18)20-9-10-4-3-7-19-10/h14-17,20,22-23,25-26,30H,2-13,18-19,21H2,1H3,(H,37,43)(H,39,44);1-2,5-6,8,10,19,21H,3-4,7,9,16H2,(H3,17,18)/b;12-8-,20-13?. The molecule has 5 heterocycles. The van der Waals surface area contributed by atoms with E-state index in [-0.39, 0.29) is 29.7 Å². The summed E-state index contributed by atoms with van der Waals surface area (Å²) in [5.74, 6) is 1.03. The Morgan fingerprint density at radius 3 is 2.51 bits per heavy atom. The van der Waals surface area contributed by atoms with Gasteiger partial charge in [0.05, 0.1) is 18.4 Å². The van der Waals surface area contributed by atoms with Crippen molar-refractivity contribution in [2.45, 2.75) is 95.6 Å². The normalized spacial score (nSPS) is 20.6. The van der Waals surface area contributed by atoms with E-state index in [4.69, 9.17) is 21.9 Å². The highest BCUT2D eigenvalue weighted by molar-refractivity contribution is 6.45. The molecule has 4 aromatic rings. The molecule has 9 N–H and O–H groups in total. The van der Waals surface area contributed by atoms with Crippen molar-refractivity contribution in [2.75, 3.05) is 62.6 Å². The first-order valence-corrected chi connectivity index (χ1v) is 23.6. The molecule has 2 aromatic heterocycles. The van der Waals surface area contributed by atoms with E-state index in [0.717, 1.165) is 61.0 Å². The number of nitrogens with one attached hydrogen (secondary N) is 4. The number of rotatable bonds is 15. The molecule has 0 radical (unpaired) electrons. The van der Waals surface area contributed by atoms with Gasteiger partial charge >= 0.3 is 0 Å². The fraction of sp³-hybridized carbons (Fsp3) is 0.500. The highest BCUT2D eigenvalue weighted by Crippen LogP contribution is 2.56. The Morgan fingerprint density at radius 2 is 1.83 bits per heavy atom. The van der Waals surface area contributed by atoms with Gasteiger partial charge in [-0.2, -0.15) is 0 Å². The summed E-state index contributed by atoms with van der Waals surface area (Å²) >= 11 is 0. The van der Waals surface area contributed by atoms with Gasteiger partial charge in [-0.1, -0.05) is 12.1 Å². The number of phenols is 1. The second-order valence-corrected chi connectivity index (χ2v) is 19.1. The molecule has 5 aliphatic rings. The molecular weight excluding hydrogens is 822 g/mol. The average molecular weight is 888 g/mol. The lowest BCUT2D eigenvalue weighted by atomic mass is 9.60. The second kappa shape index (κ2) is 20.6. The Kier molecular flexibility index (Phi) is 14.5. The fourth-order valence-electron chi connectivity index (χ4n) is 10.4. The Hall–Kier alpha value is -5.80. The highest BCUT2D eigenvalue weighted by atomic mass is 19.1. The molecule has 3 aliphatic heterocycles. The van der Waals surface area contributed by atoms with Crippen molar-refractivity contribution in [1.82, 2.24) is 25.1 Å². The summed E-state index contributed by atoms with van der Waals surface area (Å²) in [6.45, 7) is 9.48. The number of carbonyl (C=O) groups is 2. The summed E-state index contributed by atoms with van der Waals surface area (Å²) in [6.07, 6.45) is 18.6. The molecule has 1 spiro atoms. The lowest BCUT2D eigenvalue weighted by Gasteiger charge is -2.53. The van der Waals surface area contributed by atoms with Gasteiger partial charge in [0.2, 0.25) is 12.3 Å². The van der Waals surface area contributed by atoms with E-state index in [0.29, 0.717) is 59.9 Å². The van der Waals surface area contributed by atoms with Gasteiger partial charge in [-0.25, -0.2) is 9.37 Å². The first kappa shape index (κ1) is 45.8. The number of nitrogens with zero attached hydrogens (tertiary/aromatic N) is 5. The number of aromatic hydroxyl groups is 1. The van der Waals surface area contributed by atoms with E-state index >= 15 is 0 Å². The van der Waals surface area contributed by atoms with Crippen LogP contribution < -0.4 is 32.3 Å². The van der Waals surface area contributed by atoms with Crippen LogP contribution in [0.25, 0.3) is 16.7 Å². The largest absolute Gasteiger partial charge is 0.507 e. The van der Waals surface area contributed by atoms with Gasteiger partial charge in [-0.05, 0) is 162 Å². The number of likely N-dealkylation sites (tertiary alicyclic amines) is 1. The predicted octanol–water partition coefficient (Wildman–Crippen LogP) is 6.59. The number of para-hydroxylation sites is 1. The Balaban J connectivity index is 0.000000230. The number of amides is 2. The SMILES string of the molecule is Cc1cc(F)cc(N2CCC(CN3CCC4(CC3)CC(n3cc(C5CC5)c5cc(NC(=O)CCNC=O)cnc53)C4)CC2)c1.N=C(N)C(/C=C(\N)c1ccccc1O)=NCC1CCCN1. The first-order chi connectivity index (χ1) is 31.5. The van der Waals surface area contributed by atoms with Crippen LogP contribution in [-0.2, 0) is 9.59 Å². The van der Waals surface area contributed by atoms with Crippen LogP contribution in [0.3, 0.4) is 0 Å². The molecule has 5 fully saturated rings. The summed E-state index contributed by atoms with van der Waals surface area (Å²) < 4.78 is 16.4. The molecule has 65 heavy (non-hydrogen) atoms.